The Morgan fingerprint density at radius 2 is 1.80 bits per heavy atom. The Morgan fingerprint density at radius 1 is 1.07 bits per heavy atom. The zero-order chi connectivity index (χ0) is 31.5. The van der Waals surface area contributed by atoms with E-state index in [0.29, 0.717) is 31.8 Å². The molecule has 2 heterocycles. The fourth-order valence-corrected chi connectivity index (χ4v) is 8.67. The molecule has 7 atom stereocenters. The first-order valence-electron chi connectivity index (χ1n) is 15.4. The van der Waals surface area contributed by atoms with E-state index in [4.69, 9.17) is 23.7 Å². The van der Waals surface area contributed by atoms with Crippen LogP contribution >= 0.6 is 0 Å². The van der Waals surface area contributed by atoms with Crippen LogP contribution in [0.5, 0.6) is 5.75 Å². The summed E-state index contributed by atoms with van der Waals surface area (Å²) in [7, 11) is -0.751. The van der Waals surface area contributed by atoms with Crippen LogP contribution in [-0.4, -0.2) is 88.4 Å². The summed E-state index contributed by atoms with van der Waals surface area (Å²) in [4.78, 5) is 13.7. The number of esters is 1. The highest BCUT2D eigenvalue weighted by molar-refractivity contribution is 7.89. The molecular weight excluding hydrogens is 586 g/mol. The van der Waals surface area contributed by atoms with Gasteiger partial charge >= 0.3 is 5.97 Å². The Hall–Kier alpha value is -2.54. The van der Waals surface area contributed by atoms with Gasteiger partial charge in [0.05, 0.1) is 37.7 Å². The average molecular weight is 632 g/mol. The first-order valence-corrected chi connectivity index (χ1v) is 16.8. The van der Waals surface area contributed by atoms with Gasteiger partial charge in [-0.1, -0.05) is 44.2 Å². The monoisotopic (exact) mass is 631 g/mol. The van der Waals surface area contributed by atoms with Crippen LogP contribution in [0.3, 0.4) is 0 Å². The summed E-state index contributed by atoms with van der Waals surface area (Å²) in [6, 6.07) is 15.8. The maximum absolute atomic E-state index is 13.7. The topological polar surface area (TPSA) is 121 Å². The van der Waals surface area contributed by atoms with Gasteiger partial charge in [0, 0.05) is 44.4 Å². The summed E-state index contributed by atoms with van der Waals surface area (Å²) in [5.41, 5.74) is 0.396. The molecule has 44 heavy (non-hydrogen) atoms. The van der Waals surface area contributed by atoms with E-state index in [1.54, 1.807) is 19.2 Å². The summed E-state index contributed by atoms with van der Waals surface area (Å²) in [5.74, 6) is -0.375. The Morgan fingerprint density at radius 3 is 2.45 bits per heavy atom. The fraction of sp³-hybridized carbons (Fsp3) is 0.606. The van der Waals surface area contributed by atoms with Crippen molar-refractivity contribution < 1.29 is 42.0 Å². The second-order valence-electron chi connectivity index (χ2n) is 12.6. The van der Waals surface area contributed by atoms with Crippen molar-refractivity contribution in [3.05, 3.63) is 60.2 Å². The Labute approximate surface area is 260 Å². The van der Waals surface area contributed by atoms with E-state index in [1.165, 1.54) is 23.5 Å². The minimum atomic E-state index is -3.93. The molecule has 2 aromatic rings. The van der Waals surface area contributed by atoms with Gasteiger partial charge in [-0.05, 0) is 48.6 Å². The number of carbonyl (C=O) groups excluding carboxylic acids is 1. The molecule has 3 aliphatic rings. The van der Waals surface area contributed by atoms with Gasteiger partial charge in [0.25, 0.3) is 0 Å². The maximum atomic E-state index is 13.7. The number of hydrogen-bond donors (Lipinski definition) is 1. The van der Waals surface area contributed by atoms with Gasteiger partial charge in [-0.25, -0.2) is 8.42 Å². The van der Waals surface area contributed by atoms with E-state index in [-0.39, 0.29) is 54.6 Å². The molecule has 0 bridgehead atoms. The molecule has 2 unspecified atom stereocenters. The molecular formula is C33H45NO9S. The highest BCUT2D eigenvalue weighted by Gasteiger charge is 2.64. The first-order chi connectivity index (χ1) is 21.1. The van der Waals surface area contributed by atoms with Gasteiger partial charge in [0.2, 0.25) is 10.0 Å². The second kappa shape index (κ2) is 13.8. The van der Waals surface area contributed by atoms with Gasteiger partial charge in [-0.2, -0.15) is 4.31 Å². The Kier molecular flexibility index (Phi) is 10.3. The summed E-state index contributed by atoms with van der Waals surface area (Å²) < 4.78 is 57.7. The largest absolute Gasteiger partial charge is 0.497 e. The quantitative estimate of drug-likeness (QED) is 0.312. The third-order valence-corrected chi connectivity index (χ3v) is 11.1. The van der Waals surface area contributed by atoms with Gasteiger partial charge in [0.1, 0.15) is 17.5 Å². The lowest BCUT2D eigenvalue weighted by molar-refractivity contribution is -0.183. The molecule has 242 valence electrons. The number of hydrogen-bond acceptors (Lipinski definition) is 9. The smallest absolute Gasteiger partial charge is 0.306 e. The van der Waals surface area contributed by atoms with Crippen LogP contribution in [0.4, 0.5) is 0 Å². The van der Waals surface area contributed by atoms with E-state index in [2.05, 4.69) is 0 Å². The van der Waals surface area contributed by atoms with Crippen LogP contribution in [-0.2, 0) is 40.2 Å². The predicted molar refractivity (Wildman–Crippen MR) is 162 cm³/mol. The van der Waals surface area contributed by atoms with Crippen molar-refractivity contribution in [2.45, 2.75) is 68.5 Å². The highest BCUT2D eigenvalue weighted by atomic mass is 32.2. The lowest BCUT2D eigenvalue weighted by Crippen LogP contribution is -2.43. The number of benzene rings is 2. The number of aliphatic hydroxyl groups is 1. The predicted octanol–water partition coefficient (Wildman–Crippen LogP) is 3.66. The zero-order valence-corrected chi connectivity index (χ0v) is 26.8. The number of carbonyl (C=O) groups is 1. The van der Waals surface area contributed by atoms with E-state index in [9.17, 15) is 18.3 Å². The van der Waals surface area contributed by atoms with Gasteiger partial charge in [-0.15, -0.1) is 0 Å². The van der Waals surface area contributed by atoms with Crippen molar-refractivity contribution in [1.29, 1.82) is 0 Å². The maximum Gasteiger partial charge on any atom is 0.306 e. The van der Waals surface area contributed by atoms with Gasteiger partial charge < -0.3 is 28.8 Å². The molecule has 2 aliphatic heterocycles. The molecule has 0 radical (unpaired) electrons. The number of nitrogens with zero attached hydrogens (tertiary/aromatic N) is 1. The standard InChI is InChI=1S/C33H45NO9S/c1-22(2)19-34(44(37,38)26-12-10-25(39-3)11-13-26)20-28(35)24(16-23-8-6-5-7-9-23)17-30(36)43-29-18-33(40-4)21-42-32-31(33)27(29)14-15-41-32/h5-13,22,24,27-29,31-32,35H,14-21H2,1-4H3/t24?,27?,28-,29-,31+,32+,33+/m1/s1. The minimum Gasteiger partial charge on any atom is -0.497 e. The Bertz CT molecular complexity index is 1350. The molecule has 2 aromatic carbocycles. The van der Waals surface area contributed by atoms with Crippen LogP contribution in [0.1, 0.15) is 38.7 Å². The molecule has 1 aliphatic carbocycles. The number of aliphatic hydroxyl groups excluding tert-OH is 1. The summed E-state index contributed by atoms with van der Waals surface area (Å²) in [5, 5.41) is 11.6. The number of sulfonamides is 1. The third-order valence-electron chi connectivity index (χ3n) is 9.27. The number of ether oxygens (including phenoxy) is 5. The van der Waals surface area contributed by atoms with Gasteiger partial charge in [-0.3, -0.25) is 4.79 Å². The number of rotatable bonds is 14. The molecule has 11 heteroatoms. The van der Waals surface area contributed by atoms with Crippen LogP contribution in [0.15, 0.2) is 59.5 Å². The lowest BCUT2D eigenvalue weighted by Gasteiger charge is -2.34. The highest BCUT2D eigenvalue weighted by Crippen LogP contribution is 2.54. The zero-order valence-electron chi connectivity index (χ0n) is 26.0. The van der Waals surface area contributed by atoms with Crippen molar-refractivity contribution >= 4 is 16.0 Å². The lowest BCUT2D eigenvalue weighted by atomic mass is 9.84. The van der Waals surface area contributed by atoms with Crippen LogP contribution in [0, 0.1) is 23.7 Å². The van der Waals surface area contributed by atoms with E-state index in [1.807, 2.05) is 44.2 Å². The molecule has 2 saturated heterocycles. The first kappa shape index (κ1) is 32.8. The SMILES string of the molecule is COc1ccc(S(=O)(=O)N(CC(C)C)C[C@@H](O)C(CC(=O)O[C@@H]2C[C@]3(OC)CO[C@@H]4OCCC2[C@@H]43)Cc2ccccc2)cc1. The molecule has 1 saturated carbocycles. The van der Waals surface area contributed by atoms with Crippen LogP contribution in [0.2, 0.25) is 0 Å². The summed E-state index contributed by atoms with van der Waals surface area (Å²) >= 11 is 0. The van der Waals surface area contributed by atoms with Crippen molar-refractivity contribution in [2.75, 3.05) is 40.5 Å². The van der Waals surface area contributed by atoms with E-state index >= 15 is 0 Å². The van der Waals surface area contributed by atoms with E-state index < -0.39 is 33.6 Å². The van der Waals surface area contributed by atoms with Crippen molar-refractivity contribution in [3.63, 3.8) is 0 Å². The molecule has 3 fully saturated rings. The van der Waals surface area contributed by atoms with Crippen LogP contribution in [0.25, 0.3) is 0 Å². The second-order valence-corrected chi connectivity index (χ2v) is 14.6. The molecule has 10 nitrogen and oxygen atoms in total. The van der Waals surface area contributed by atoms with Gasteiger partial charge in [0.15, 0.2) is 6.29 Å². The minimum absolute atomic E-state index is 0.00231. The normalized spacial score (nSPS) is 27.7. The van der Waals surface area contributed by atoms with Crippen molar-refractivity contribution in [3.8, 4) is 5.75 Å². The van der Waals surface area contributed by atoms with Crippen molar-refractivity contribution in [2.24, 2.45) is 23.7 Å². The average Bonchev–Trinajstić information content (AvgIpc) is 3.54. The molecule has 5 rings (SSSR count). The van der Waals surface area contributed by atoms with E-state index in [0.717, 1.165) is 12.0 Å². The molecule has 0 amide bonds. The third kappa shape index (κ3) is 6.98. The molecule has 1 N–H and O–H groups in total. The van der Waals surface area contributed by atoms with Crippen molar-refractivity contribution in [1.82, 2.24) is 4.31 Å². The molecule has 0 aromatic heterocycles. The number of methoxy groups -OCH3 is 2. The molecule has 0 spiro atoms. The summed E-state index contributed by atoms with van der Waals surface area (Å²) in [6.45, 7) is 4.84. The van der Waals surface area contributed by atoms with Crippen LogP contribution < -0.4 is 4.74 Å². The summed E-state index contributed by atoms with van der Waals surface area (Å²) in [6.07, 6.45) is -0.218. The fourth-order valence-electron chi connectivity index (χ4n) is 7.05. The Balaban J connectivity index is 1.33.